The standard InChI is InChI=1S/C18H20F2N4OS/c1-2-14-21-18-24(22-14)17(25)16(26-18)15(23-8-4-3-5-9-23)11-6-7-12(19)13(20)10-11/h6-7,10,15,25H,2-5,8-9H2,1H3/p+1/t15-/m0/s1. The van der Waals surface area contributed by atoms with Crippen molar-refractivity contribution in [2.45, 2.75) is 38.6 Å². The van der Waals surface area contributed by atoms with Gasteiger partial charge in [0, 0.05) is 12.0 Å². The van der Waals surface area contributed by atoms with E-state index in [0.29, 0.717) is 27.6 Å². The number of aromatic hydroxyl groups is 1. The van der Waals surface area contributed by atoms with Gasteiger partial charge in [-0.2, -0.15) is 4.52 Å². The summed E-state index contributed by atoms with van der Waals surface area (Å²) in [7, 11) is 0. The van der Waals surface area contributed by atoms with Crippen LogP contribution in [0.25, 0.3) is 4.96 Å². The molecule has 0 unspecified atom stereocenters. The van der Waals surface area contributed by atoms with Crippen molar-refractivity contribution in [1.82, 2.24) is 14.6 Å². The van der Waals surface area contributed by atoms with Crippen LogP contribution in [0.2, 0.25) is 0 Å². The summed E-state index contributed by atoms with van der Waals surface area (Å²) in [6.45, 7) is 3.81. The smallest absolute Gasteiger partial charge is 0.235 e. The largest absolute Gasteiger partial charge is 0.492 e. The normalized spacial score (nSPS) is 17.0. The van der Waals surface area contributed by atoms with Crippen LogP contribution < -0.4 is 4.90 Å². The lowest BCUT2D eigenvalue weighted by molar-refractivity contribution is -0.930. The predicted molar refractivity (Wildman–Crippen MR) is 94.7 cm³/mol. The van der Waals surface area contributed by atoms with E-state index in [1.165, 1.54) is 33.2 Å². The van der Waals surface area contributed by atoms with Gasteiger partial charge in [0.15, 0.2) is 23.5 Å². The highest BCUT2D eigenvalue weighted by Gasteiger charge is 2.34. The van der Waals surface area contributed by atoms with Crippen LogP contribution >= 0.6 is 11.3 Å². The number of nitrogens with zero attached hydrogens (tertiary/aromatic N) is 3. The topological polar surface area (TPSA) is 54.9 Å². The van der Waals surface area contributed by atoms with Crippen molar-refractivity contribution < 1.29 is 18.8 Å². The van der Waals surface area contributed by atoms with Gasteiger partial charge in [-0.3, -0.25) is 0 Å². The van der Waals surface area contributed by atoms with Gasteiger partial charge < -0.3 is 10.0 Å². The van der Waals surface area contributed by atoms with Gasteiger partial charge in [0.05, 0.1) is 13.1 Å². The third kappa shape index (κ3) is 2.97. The number of piperidine rings is 1. The summed E-state index contributed by atoms with van der Waals surface area (Å²) in [5, 5.41) is 15.1. The summed E-state index contributed by atoms with van der Waals surface area (Å²) in [5.74, 6) is -1.01. The number of quaternary nitrogens is 1. The number of halogens is 2. The molecular weight excluding hydrogens is 358 g/mol. The van der Waals surface area contributed by atoms with Crippen LogP contribution in [0.5, 0.6) is 5.88 Å². The number of hydrogen-bond donors (Lipinski definition) is 2. The van der Waals surface area contributed by atoms with Crippen LogP contribution in [0, 0.1) is 11.6 Å². The first-order valence-corrected chi connectivity index (χ1v) is 9.77. The summed E-state index contributed by atoms with van der Waals surface area (Å²) >= 11 is 1.37. The summed E-state index contributed by atoms with van der Waals surface area (Å²) in [4.78, 5) is 7.00. The molecule has 2 N–H and O–H groups in total. The first-order valence-electron chi connectivity index (χ1n) is 8.95. The van der Waals surface area contributed by atoms with Gasteiger partial charge in [0.25, 0.3) is 0 Å². The highest BCUT2D eigenvalue weighted by Crippen LogP contribution is 2.35. The monoisotopic (exact) mass is 379 g/mol. The van der Waals surface area contributed by atoms with E-state index >= 15 is 0 Å². The van der Waals surface area contributed by atoms with Crippen LogP contribution in [-0.4, -0.2) is 32.8 Å². The molecule has 1 aromatic carbocycles. The van der Waals surface area contributed by atoms with Crippen molar-refractivity contribution in [2.75, 3.05) is 13.1 Å². The summed E-state index contributed by atoms with van der Waals surface area (Å²) in [6, 6.07) is 3.75. The Morgan fingerprint density at radius 3 is 2.65 bits per heavy atom. The second-order valence-corrected chi connectivity index (χ2v) is 7.70. The highest BCUT2D eigenvalue weighted by molar-refractivity contribution is 7.17. The number of aryl methyl sites for hydroxylation is 1. The van der Waals surface area contributed by atoms with E-state index in [9.17, 15) is 13.9 Å². The van der Waals surface area contributed by atoms with Gasteiger partial charge in [0.2, 0.25) is 10.8 Å². The molecule has 5 nitrogen and oxygen atoms in total. The summed E-state index contributed by atoms with van der Waals surface area (Å²) in [6.07, 6.45) is 4.02. The summed E-state index contributed by atoms with van der Waals surface area (Å²) < 4.78 is 28.8. The Bertz CT molecular complexity index is 933. The molecule has 1 atom stereocenters. The number of rotatable bonds is 4. The fraction of sp³-hybridized carbons (Fsp3) is 0.444. The van der Waals surface area contributed by atoms with E-state index in [0.717, 1.165) is 32.0 Å². The quantitative estimate of drug-likeness (QED) is 0.732. The van der Waals surface area contributed by atoms with Crippen LogP contribution in [0.4, 0.5) is 8.78 Å². The van der Waals surface area contributed by atoms with E-state index < -0.39 is 11.6 Å². The van der Waals surface area contributed by atoms with Gasteiger partial charge in [-0.25, -0.2) is 13.8 Å². The Labute approximate surface area is 153 Å². The Kier molecular flexibility index (Phi) is 4.62. The minimum atomic E-state index is -0.865. The minimum Gasteiger partial charge on any atom is -0.492 e. The van der Waals surface area contributed by atoms with E-state index in [1.54, 1.807) is 6.07 Å². The van der Waals surface area contributed by atoms with E-state index in [2.05, 4.69) is 10.1 Å². The lowest BCUT2D eigenvalue weighted by Gasteiger charge is -2.31. The first kappa shape index (κ1) is 17.4. The Morgan fingerprint density at radius 2 is 2.00 bits per heavy atom. The van der Waals surface area contributed by atoms with Crippen molar-refractivity contribution in [3.05, 3.63) is 46.1 Å². The molecule has 3 heterocycles. The molecule has 1 aliphatic heterocycles. The number of likely N-dealkylation sites (tertiary alicyclic amines) is 1. The molecule has 1 fully saturated rings. The number of aromatic nitrogens is 3. The molecule has 0 bridgehead atoms. The second kappa shape index (κ2) is 6.92. The molecule has 0 radical (unpaired) electrons. The van der Waals surface area contributed by atoms with Gasteiger partial charge in [0.1, 0.15) is 4.88 Å². The van der Waals surface area contributed by atoms with Crippen molar-refractivity contribution in [3.63, 3.8) is 0 Å². The van der Waals surface area contributed by atoms with Crippen LogP contribution in [0.15, 0.2) is 18.2 Å². The van der Waals surface area contributed by atoms with Crippen LogP contribution in [-0.2, 0) is 6.42 Å². The number of fused-ring (bicyclic) bond motifs is 1. The maximum Gasteiger partial charge on any atom is 0.235 e. The maximum atomic E-state index is 13.9. The van der Waals surface area contributed by atoms with E-state index in [4.69, 9.17) is 0 Å². The van der Waals surface area contributed by atoms with Gasteiger partial charge in [-0.15, -0.1) is 5.10 Å². The average molecular weight is 379 g/mol. The van der Waals surface area contributed by atoms with Crippen LogP contribution in [0.1, 0.15) is 48.5 Å². The molecule has 1 aliphatic rings. The van der Waals surface area contributed by atoms with Crippen molar-refractivity contribution in [3.8, 4) is 5.88 Å². The van der Waals surface area contributed by atoms with Crippen molar-refractivity contribution in [1.29, 1.82) is 0 Å². The zero-order chi connectivity index (χ0) is 18.3. The highest BCUT2D eigenvalue weighted by atomic mass is 32.1. The molecule has 0 aliphatic carbocycles. The molecule has 0 amide bonds. The third-order valence-corrected chi connectivity index (χ3v) is 6.09. The van der Waals surface area contributed by atoms with Gasteiger partial charge >= 0.3 is 0 Å². The first-order chi connectivity index (χ1) is 12.6. The summed E-state index contributed by atoms with van der Waals surface area (Å²) in [5.41, 5.74) is 0.663. The Morgan fingerprint density at radius 1 is 1.23 bits per heavy atom. The zero-order valence-corrected chi connectivity index (χ0v) is 15.3. The molecule has 1 saturated heterocycles. The second-order valence-electron chi connectivity index (χ2n) is 6.69. The molecule has 4 rings (SSSR count). The lowest BCUT2D eigenvalue weighted by Crippen LogP contribution is -3.13. The fourth-order valence-corrected chi connectivity index (χ4v) is 4.85. The molecule has 0 spiro atoms. The van der Waals surface area contributed by atoms with Crippen molar-refractivity contribution >= 4 is 16.3 Å². The fourth-order valence-electron chi connectivity index (χ4n) is 3.69. The number of nitrogens with one attached hydrogen (secondary N) is 1. The van der Waals surface area contributed by atoms with Crippen LogP contribution in [0.3, 0.4) is 0 Å². The molecule has 138 valence electrons. The Hall–Kier alpha value is -2.06. The zero-order valence-electron chi connectivity index (χ0n) is 14.5. The van der Waals surface area contributed by atoms with Gasteiger partial charge in [-0.05, 0) is 37.5 Å². The molecular formula is C18H21F2N4OS+. The maximum absolute atomic E-state index is 13.9. The molecule has 2 aromatic heterocycles. The Balaban J connectivity index is 1.83. The van der Waals surface area contributed by atoms with E-state index in [1.807, 2.05) is 6.92 Å². The SMILES string of the molecule is CCc1nc2sc([C@H](c3ccc(F)c(F)c3)[NH+]3CCCCC3)c(O)n2n1. The van der Waals surface area contributed by atoms with Gasteiger partial charge in [-0.1, -0.05) is 18.3 Å². The number of hydrogen-bond acceptors (Lipinski definition) is 4. The molecule has 3 aromatic rings. The predicted octanol–water partition coefficient (Wildman–Crippen LogP) is 2.50. The molecule has 0 saturated carbocycles. The lowest BCUT2D eigenvalue weighted by atomic mass is 10.00. The third-order valence-electron chi connectivity index (χ3n) is 5.00. The molecule has 8 heteroatoms. The van der Waals surface area contributed by atoms with E-state index in [-0.39, 0.29) is 11.9 Å². The number of thiazole rings is 1. The number of benzene rings is 1. The molecule has 26 heavy (non-hydrogen) atoms. The minimum absolute atomic E-state index is 0.0463. The van der Waals surface area contributed by atoms with Crippen molar-refractivity contribution in [2.24, 2.45) is 0 Å². The average Bonchev–Trinajstić information content (AvgIpc) is 3.19.